The lowest BCUT2D eigenvalue weighted by Gasteiger charge is -2.36. The smallest absolute Gasteiger partial charge is 0.381 e. The second-order valence-electron chi connectivity index (χ2n) is 9.20. The van der Waals surface area contributed by atoms with E-state index in [-0.39, 0.29) is 30.9 Å². The largest absolute Gasteiger partial charge is 0.419 e. The number of carbonyl (C=O) groups excluding carboxylic acids is 2. The van der Waals surface area contributed by atoms with Crippen molar-refractivity contribution in [1.29, 1.82) is 0 Å². The van der Waals surface area contributed by atoms with Gasteiger partial charge in [0.05, 0.1) is 30.5 Å². The van der Waals surface area contributed by atoms with Crippen LogP contribution in [-0.4, -0.2) is 47.2 Å². The Balaban J connectivity index is 1.64. The topological polar surface area (TPSA) is 84.7 Å². The number of alkyl halides is 3. The molecule has 0 aliphatic carbocycles. The summed E-state index contributed by atoms with van der Waals surface area (Å²) >= 11 is 0. The fourth-order valence-electron chi connectivity index (χ4n) is 4.93. The van der Waals surface area contributed by atoms with Crippen LogP contribution in [0.2, 0.25) is 0 Å². The highest BCUT2D eigenvalue weighted by atomic mass is 19.4. The van der Waals surface area contributed by atoms with Gasteiger partial charge in [-0.3, -0.25) is 9.59 Å². The molecule has 36 heavy (non-hydrogen) atoms. The molecular formula is C24H26F5N3O4. The van der Waals surface area contributed by atoms with Crippen molar-refractivity contribution in [2.24, 2.45) is 5.92 Å². The first-order valence-corrected chi connectivity index (χ1v) is 11.6. The van der Waals surface area contributed by atoms with Gasteiger partial charge in [-0.05, 0) is 45.2 Å². The molecule has 2 aliphatic rings. The molecule has 2 aliphatic heterocycles. The minimum atomic E-state index is -5.07. The zero-order valence-electron chi connectivity index (χ0n) is 19.9. The van der Waals surface area contributed by atoms with Gasteiger partial charge < -0.3 is 19.5 Å². The summed E-state index contributed by atoms with van der Waals surface area (Å²) in [6.07, 6.45) is -3.61. The Morgan fingerprint density at radius 3 is 2.39 bits per heavy atom. The zero-order valence-corrected chi connectivity index (χ0v) is 19.9. The molecule has 0 spiro atoms. The highest BCUT2D eigenvalue weighted by Crippen LogP contribution is 2.37. The number of rotatable bonds is 6. The van der Waals surface area contributed by atoms with Gasteiger partial charge >= 0.3 is 6.18 Å². The molecule has 1 aromatic carbocycles. The minimum absolute atomic E-state index is 0.0965. The van der Waals surface area contributed by atoms with Crippen molar-refractivity contribution < 1.29 is 40.8 Å². The molecule has 2 fully saturated rings. The summed E-state index contributed by atoms with van der Waals surface area (Å²) in [5, 5.41) is 6.48. The van der Waals surface area contributed by atoms with E-state index in [2.05, 4.69) is 10.5 Å². The standard InChI is InChI=1S/C24H26F5N3O4/c1-4-14-5-6-19(32(14)23(34)20-11(2)31-36-12(20)3)22(33)30-21(13-9-35-10-13)15-7-18(26)16(8-17(15)25)24(27,28)29/h7-8,13-14,19,21H,4-6,9-10H2,1-3H3,(H,30,33)/t14-,19-,21?/m1/s1. The number of likely N-dealkylation sites (tertiary alicyclic amines) is 1. The number of aromatic nitrogens is 1. The molecule has 1 unspecified atom stereocenters. The summed E-state index contributed by atoms with van der Waals surface area (Å²) < 4.78 is 78.4. The Morgan fingerprint density at radius 1 is 1.17 bits per heavy atom. The predicted octanol–water partition coefficient (Wildman–Crippen LogP) is 4.48. The van der Waals surface area contributed by atoms with Gasteiger partial charge in [0.2, 0.25) is 5.91 Å². The molecule has 2 aromatic rings. The summed E-state index contributed by atoms with van der Waals surface area (Å²) in [5.74, 6) is -4.13. The number of carbonyl (C=O) groups is 2. The van der Waals surface area contributed by atoms with Crippen LogP contribution in [0, 0.1) is 31.4 Å². The summed E-state index contributed by atoms with van der Waals surface area (Å²) in [6, 6.07) is -1.73. The van der Waals surface area contributed by atoms with Gasteiger partial charge in [-0.1, -0.05) is 12.1 Å². The predicted molar refractivity (Wildman–Crippen MR) is 116 cm³/mol. The highest BCUT2D eigenvalue weighted by molar-refractivity contribution is 5.99. The van der Waals surface area contributed by atoms with Crippen LogP contribution in [0.4, 0.5) is 22.0 Å². The van der Waals surface area contributed by atoms with Crippen molar-refractivity contribution in [2.75, 3.05) is 13.2 Å². The molecule has 2 amide bonds. The molecule has 0 bridgehead atoms. The SMILES string of the molecule is CC[C@@H]1CC[C@H](C(=O)NC(c2cc(F)c(C(F)(F)F)cc2F)C2COC2)N1C(=O)c1c(C)noc1C. The fourth-order valence-corrected chi connectivity index (χ4v) is 4.93. The van der Waals surface area contributed by atoms with Crippen LogP contribution in [-0.2, 0) is 15.7 Å². The molecule has 0 radical (unpaired) electrons. The molecule has 0 saturated carbocycles. The van der Waals surface area contributed by atoms with E-state index < -0.39 is 58.8 Å². The minimum Gasteiger partial charge on any atom is -0.381 e. The van der Waals surface area contributed by atoms with Crippen molar-refractivity contribution in [3.8, 4) is 0 Å². The summed E-state index contributed by atoms with van der Waals surface area (Å²) in [6.45, 7) is 5.31. The van der Waals surface area contributed by atoms with Crippen LogP contribution in [0.3, 0.4) is 0 Å². The van der Waals surface area contributed by atoms with Gasteiger partial charge in [0, 0.05) is 17.5 Å². The maximum absolute atomic E-state index is 14.8. The van der Waals surface area contributed by atoms with Crippen molar-refractivity contribution in [2.45, 2.75) is 64.3 Å². The summed E-state index contributed by atoms with van der Waals surface area (Å²) in [7, 11) is 0. The van der Waals surface area contributed by atoms with E-state index in [4.69, 9.17) is 9.26 Å². The highest BCUT2D eigenvalue weighted by Gasteiger charge is 2.44. The van der Waals surface area contributed by atoms with E-state index in [0.717, 1.165) is 0 Å². The number of ether oxygens (including phenoxy) is 1. The maximum atomic E-state index is 14.8. The number of hydrogen-bond acceptors (Lipinski definition) is 5. The lowest BCUT2D eigenvalue weighted by Crippen LogP contribution is -2.52. The van der Waals surface area contributed by atoms with Crippen molar-refractivity contribution >= 4 is 11.8 Å². The molecule has 7 nitrogen and oxygen atoms in total. The summed E-state index contributed by atoms with van der Waals surface area (Å²) in [5.41, 5.74) is -1.49. The van der Waals surface area contributed by atoms with Crippen molar-refractivity contribution in [3.63, 3.8) is 0 Å². The third kappa shape index (κ3) is 4.70. The normalized spacial score (nSPS) is 21.4. The van der Waals surface area contributed by atoms with Gasteiger partial charge in [0.15, 0.2) is 0 Å². The van der Waals surface area contributed by atoms with Gasteiger partial charge in [0.1, 0.15) is 29.0 Å². The molecule has 12 heteroatoms. The molecule has 3 atom stereocenters. The van der Waals surface area contributed by atoms with Crippen LogP contribution < -0.4 is 5.32 Å². The third-order valence-corrected chi connectivity index (χ3v) is 6.92. The van der Waals surface area contributed by atoms with E-state index in [1.807, 2.05) is 6.92 Å². The van der Waals surface area contributed by atoms with Crippen LogP contribution in [0.15, 0.2) is 16.7 Å². The summed E-state index contributed by atoms with van der Waals surface area (Å²) in [4.78, 5) is 28.3. The number of nitrogens with one attached hydrogen (secondary N) is 1. The fraction of sp³-hybridized carbons (Fsp3) is 0.542. The maximum Gasteiger partial charge on any atom is 0.419 e. The van der Waals surface area contributed by atoms with Crippen LogP contribution >= 0.6 is 0 Å². The molecule has 1 N–H and O–H groups in total. The van der Waals surface area contributed by atoms with Crippen LogP contribution in [0.5, 0.6) is 0 Å². The van der Waals surface area contributed by atoms with E-state index in [1.165, 1.54) is 4.90 Å². The number of aryl methyl sites for hydroxylation is 2. The first-order chi connectivity index (χ1) is 16.9. The van der Waals surface area contributed by atoms with Gasteiger partial charge in [-0.25, -0.2) is 8.78 Å². The van der Waals surface area contributed by atoms with Gasteiger partial charge in [0.25, 0.3) is 5.91 Å². The number of amides is 2. The number of benzene rings is 1. The first kappa shape index (κ1) is 26.1. The van der Waals surface area contributed by atoms with Crippen LogP contribution in [0.25, 0.3) is 0 Å². The van der Waals surface area contributed by atoms with Crippen molar-refractivity contribution in [1.82, 2.24) is 15.4 Å². The lowest BCUT2D eigenvalue weighted by molar-refractivity contribution is -0.140. The monoisotopic (exact) mass is 515 g/mol. The van der Waals surface area contributed by atoms with Crippen LogP contribution in [0.1, 0.15) is 65.2 Å². The number of nitrogens with zero attached hydrogens (tertiary/aromatic N) is 2. The Labute approximate surface area is 203 Å². The van der Waals surface area contributed by atoms with E-state index in [9.17, 15) is 31.5 Å². The lowest BCUT2D eigenvalue weighted by atomic mass is 9.90. The quantitative estimate of drug-likeness (QED) is 0.574. The Bertz CT molecular complexity index is 1140. The second kappa shape index (κ2) is 9.79. The third-order valence-electron chi connectivity index (χ3n) is 6.92. The van der Waals surface area contributed by atoms with Gasteiger partial charge in [-0.15, -0.1) is 0 Å². The molecule has 1 aromatic heterocycles. The van der Waals surface area contributed by atoms with E-state index >= 15 is 0 Å². The first-order valence-electron chi connectivity index (χ1n) is 11.6. The molecule has 2 saturated heterocycles. The van der Waals surface area contributed by atoms with Crippen molar-refractivity contribution in [3.05, 3.63) is 51.9 Å². The molecule has 3 heterocycles. The Morgan fingerprint density at radius 2 is 1.86 bits per heavy atom. The van der Waals surface area contributed by atoms with E-state index in [1.54, 1.807) is 13.8 Å². The average Bonchev–Trinajstić information content (AvgIpc) is 3.35. The molecule has 196 valence electrons. The average molecular weight is 515 g/mol. The number of hydrogen-bond donors (Lipinski definition) is 1. The molecular weight excluding hydrogens is 489 g/mol. The van der Waals surface area contributed by atoms with Gasteiger partial charge in [-0.2, -0.15) is 13.2 Å². The Kier molecular flexibility index (Phi) is 7.09. The van der Waals surface area contributed by atoms with E-state index in [0.29, 0.717) is 36.8 Å². The number of halogens is 5. The molecule has 4 rings (SSSR count). The zero-order chi connectivity index (χ0) is 26.4. The second-order valence-corrected chi connectivity index (χ2v) is 9.20. The Hall–Kier alpha value is -3.02.